The summed E-state index contributed by atoms with van der Waals surface area (Å²) in [6.45, 7) is 6.63. The quantitative estimate of drug-likeness (QED) is 0.348. The van der Waals surface area contributed by atoms with Crippen LogP contribution in [-0.4, -0.2) is 46.9 Å². The molecular formula is C23H28N4O3S. The standard InChI is InChI=1S/C23H28N4O3S/c1-3-27-20-12-6-5-11-19(20)26-23(27)31-16-21(28)25-18-10-7-9-17(15-18)22(29)24-13-8-14-30-4-2/h5-7,9-12,15H,3-4,8,13-14,16H2,1-2H3,(H,24,29)(H,25,28). The minimum Gasteiger partial charge on any atom is -0.382 e. The molecule has 0 unspecified atom stereocenters. The summed E-state index contributed by atoms with van der Waals surface area (Å²) in [5.74, 6) is -0.0791. The number of carbonyl (C=O) groups excluding carboxylic acids is 2. The Morgan fingerprint density at radius 3 is 2.77 bits per heavy atom. The van der Waals surface area contributed by atoms with E-state index in [1.807, 2.05) is 31.2 Å². The predicted octanol–water partition coefficient (Wildman–Crippen LogP) is 3.94. The van der Waals surface area contributed by atoms with E-state index >= 15 is 0 Å². The Kier molecular flexibility index (Phi) is 8.49. The average molecular weight is 441 g/mol. The van der Waals surface area contributed by atoms with Crippen molar-refractivity contribution < 1.29 is 14.3 Å². The van der Waals surface area contributed by atoms with Crippen LogP contribution in [0.5, 0.6) is 0 Å². The summed E-state index contributed by atoms with van der Waals surface area (Å²) in [5.41, 5.74) is 3.09. The van der Waals surface area contributed by atoms with Crippen LogP contribution in [0.1, 0.15) is 30.6 Å². The van der Waals surface area contributed by atoms with Gasteiger partial charge in [-0.2, -0.15) is 0 Å². The Balaban J connectivity index is 1.54. The van der Waals surface area contributed by atoms with E-state index in [2.05, 4.69) is 27.1 Å². The van der Waals surface area contributed by atoms with E-state index in [1.165, 1.54) is 11.8 Å². The van der Waals surface area contributed by atoms with Crippen LogP contribution in [0.15, 0.2) is 53.7 Å². The van der Waals surface area contributed by atoms with Crippen LogP contribution in [0, 0.1) is 0 Å². The van der Waals surface area contributed by atoms with E-state index < -0.39 is 0 Å². The number of thioether (sulfide) groups is 1. The van der Waals surface area contributed by atoms with Crippen LogP contribution < -0.4 is 10.6 Å². The number of carbonyl (C=O) groups is 2. The fraction of sp³-hybridized carbons (Fsp3) is 0.348. The highest BCUT2D eigenvalue weighted by Crippen LogP contribution is 2.24. The van der Waals surface area contributed by atoms with Gasteiger partial charge in [0.05, 0.1) is 16.8 Å². The fourth-order valence-corrected chi connectivity index (χ4v) is 4.04. The lowest BCUT2D eigenvalue weighted by molar-refractivity contribution is -0.113. The number of para-hydroxylation sites is 2. The predicted molar refractivity (Wildman–Crippen MR) is 125 cm³/mol. The van der Waals surface area contributed by atoms with Gasteiger partial charge in [0, 0.05) is 37.6 Å². The van der Waals surface area contributed by atoms with Crippen molar-refractivity contribution in [2.24, 2.45) is 0 Å². The maximum absolute atomic E-state index is 12.5. The minimum atomic E-state index is -0.168. The van der Waals surface area contributed by atoms with Crippen molar-refractivity contribution in [2.75, 3.05) is 30.8 Å². The van der Waals surface area contributed by atoms with Gasteiger partial charge in [-0.15, -0.1) is 0 Å². The van der Waals surface area contributed by atoms with E-state index in [0.717, 1.165) is 29.2 Å². The molecule has 0 fully saturated rings. The molecule has 1 aromatic heterocycles. The number of benzene rings is 2. The number of hydrogen-bond donors (Lipinski definition) is 2. The van der Waals surface area contributed by atoms with Gasteiger partial charge in [-0.3, -0.25) is 9.59 Å². The zero-order chi connectivity index (χ0) is 22.1. The second-order valence-corrected chi connectivity index (χ2v) is 7.79. The molecule has 8 heteroatoms. The Labute approximate surface area is 186 Å². The molecule has 1 heterocycles. The molecular weight excluding hydrogens is 412 g/mol. The van der Waals surface area contributed by atoms with Gasteiger partial charge in [-0.1, -0.05) is 30.0 Å². The third-order valence-corrected chi connectivity index (χ3v) is 5.61. The van der Waals surface area contributed by atoms with Gasteiger partial charge in [-0.05, 0) is 50.6 Å². The molecule has 164 valence electrons. The van der Waals surface area contributed by atoms with Crippen LogP contribution in [0.4, 0.5) is 5.69 Å². The first-order valence-electron chi connectivity index (χ1n) is 10.5. The Morgan fingerprint density at radius 1 is 1.13 bits per heavy atom. The van der Waals surface area contributed by atoms with Crippen molar-refractivity contribution >= 4 is 40.3 Å². The molecule has 7 nitrogen and oxygen atoms in total. The normalized spacial score (nSPS) is 10.9. The average Bonchev–Trinajstić information content (AvgIpc) is 3.15. The molecule has 0 aliphatic rings. The molecule has 0 atom stereocenters. The van der Waals surface area contributed by atoms with Gasteiger partial charge in [0.15, 0.2) is 5.16 Å². The van der Waals surface area contributed by atoms with E-state index in [0.29, 0.717) is 31.0 Å². The Morgan fingerprint density at radius 2 is 1.97 bits per heavy atom. The van der Waals surface area contributed by atoms with Crippen molar-refractivity contribution in [2.45, 2.75) is 32.0 Å². The van der Waals surface area contributed by atoms with Gasteiger partial charge in [0.1, 0.15) is 0 Å². The van der Waals surface area contributed by atoms with Crippen LogP contribution in [0.2, 0.25) is 0 Å². The molecule has 3 aromatic rings. The van der Waals surface area contributed by atoms with E-state index in [4.69, 9.17) is 4.74 Å². The molecule has 2 amide bonds. The highest BCUT2D eigenvalue weighted by Gasteiger charge is 2.12. The number of ether oxygens (including phenoxy) is 1. The number of aryl methyl sites for hydroxylation is 1. The largest absolute Gasteiger partial charge is 0.382 e. The van der Waals surface area contributed by atoms with Crippen molar-refractivity contribution in [3.8, 4) is 0 Å². The van der Waals surface area contributed by atoms with Gasteiger partial charge in [0.2, 0.25) is 5.91 Å². The highest BCUT2D eigenvalue weighted by atomic mass is 32.2. The number of anilines is 1. The van der Waals surface area contributed by atoms with Crippen LogP contribution >= 0.6 is 11.8 Å². The molecule has 0 aliphatic carbocycles. The molecule has 0 aliphatic heterocycles. The SMILES string of the molecule is CCOCCCNC(=O)c1cccc(NC(=O)CSc2nc3ccccc3n2CC)c1. The van der Waals surface area contributed by atoms with E-state index in [9.17, 15) is 9.59 Å². The lowest BCUT2D eigenvalue weighted by Gasteiger charge is -2.09. The summed E-state index contributed by atoms with van der Waals surface area (Å²) in [4.78, 5) is 29.4. The van der Waals surface area contributed by atoms with Gasteiger partial charge in [0.25, 0.3) is 5.91 Å². The van der Waals surface area contributed by atoms with Crippen LogP contribution in [0.3, 0.4) is 0 Å². The summed E-state index contributed by atoms with van der Waals surface area (Å²) in [7, 11) is 0. The molecule has 2 N–H and O–H groups in total. The Hall–Kier alpha value is -2.84. The summed E-state index contributed by atoms with van der Waals surface area (Å²) in [6, 6.07) is 14.9. The molecule has 0 radical (unpaired) electrons. The van der Waals surface area contributed by atoms with Crippen molar-refractivity contribution in [3.05, 3.63) is 54.1 Å². The molecule has 2 aromatic carbocycles. The summed E-state index contributed by atoms with van der Waals surface area (Å²) >= 11 is 1.40. The number of hydrogen-bond acceptors (Lipinski definition) is 5. The molecule has 0 saturated carbocycles. The monoisotopic (exact) mass is 440 g/mol. The van der Waals surface area contributed by atoms with Crippen molar-refractivity contribution in [1.29, 1.82) is 0 Å². The number of nitrogens with one attached hydrogen (secondary N) is 2. The van der Waals surface area contributed by atoms with Crippen LogP contribution in [-0.2, 0) is 16.1 Å². The second kappa shape index (κ2) is 11.5. The fourth-order valence-electron chi connectivity index (χ4n) is 3.16. The smallest absolute Gasteiger partial charge is 0.251 e. The van der Waals surface area contributed by atoms with Crippen LogP contribution in [0.25, 0.3) is 11.0 Å². The first-order chi connectivity index (χ1) is 15.1. The zero-order valence-corrected chi connectivity index (χ0v) is 18.7. The third-order valence-electron chi connectivity index (χ3n) is 4.63. The number of rotatable bonds is 11. The molecule has 31 heavy (non-hydrogen) atoms. The minimum absolute atomic E-state index is 0.144. The first-order valence-corrected chi connectivity index (χ1v) is 11.4. The van der Waals surface area contributed by atoms with Crippen molar-refractivity contribution in [3.63, 3.8) is 0 Å². The second-order valence-electron chi connectivity index (χ2n) is 6.85. The topological polar surface area (TPSA) is 85.2 Å². The molecule has 0 spiro atoms. The Bertz CT molecular complexity index is 1030. The maximum atomic E-state index is 12.5. The number of imidazole rings is 1. The molecule has 3 rings (SSSR count). The third kappa shape index (κ3) is 6.32. The zero-order valence-electron chi connectivity index (χ0n) is 17.9. The van der Waals surface area contributed by atoms with Gasteiger partial charge >= 0.3 is 0 Å². The maximum Gasteiger partial charge on any atom is 0.251 e. The van der Waals surface area contributed by atoms with E-state index in [-0.39, 0.29) is 17.6 Å². The summed E-state index contributed by atoms with van der Waals surface area (Å²) < 4.78 is 7.36. The summed E-state index contributed by atoms with van der Waals surface area (Å²) in [5, 5.41) is 6.55. The molecule has 0 bridgehead atoms. The highest BCUT2D eigenvalue weighted by molar-refractivity contribution is 7.99. The van der Waals surface area contributed by atoms with Gasteiger partial charge in [-0.25, -0.2) is 4.98 Å². The number of fused-ring (bicyclic) bond motifs is 1. The summed E-state index contributed by atoms with van der Waals surface area (Å²) in [6.07, 6.45) is 0.760. The lowest BCUT2D eigenvalue weighted by Crippen LogP contribution is -2.25. The number of nitrogens with zero attached hydrogens (tertiary/aromatic N) is 2. The van der Waals surface area contributed by atoms with Gasteiger partial charge < -0.3 is 19.9 Å². The lowest BCUT2D eigenvalue weighted by atomic mass is 10.2. The number of aromatic nitrogens is 2. The first kappa shape index (κ1) is 22.8. The molecule has 0 saturated heterocycles. The van der Waals surface area contributed by atoms with E-state index in [1.54, 1.807) is 24.3 Å². The number of amides is 2. The van der Waals surface area contributed by atoms with Crippen molar-refractivity contribution in [1.82, 2.24) is 14.9 Å².